The Kier molecular flexibility index (Phi) is 2.99. The molecular formula is C11H13NO3. The summed E-state index contributed by atoms with van der Waals surface area (Å²) in [5, 5.41) is 11.6. The van der Waals surface area contributed by atoms with Crippen molar-refractivity contribution < 1.29 is 14.6 Å². The van der Waals surface area contributed by atoms with Crippen molar-refractivity contribution in [3.63, 3.8) is 0 Å². The minimum Gasteiger partial charge on any atom is -0.480 e. The summed E-state index contributed by atoms with van der Waals surface area (Å²) in [5.41, 5.74) is 2.49. The molecule has 4 heteroatoms. The van der Waals surface area contributed by atoms with Gasteiger partial charge in [-0.1, -0.05) is 24.3 Å². The largest absolute Gasteiger partial charge is 0.480 e. The molecule has 4 nitrogen and oxygen atoms in total. The van der Waals surface area contributed by atoms with Crippen molar-refractivity contribution in [2.75, 3.05) is 6.61 Å². The molecule has 1 aliphatic rings. The van der Waals surface area contributed by atoms with Gasteiger partial charge in [0.15, 0.2) is 0 Å². The zero-order valence-electron chi connectivity index (χ0n) is 8.27. The third-order valence-electron chi connectivity index (χ3n) is 2.45. The number of carboxylic acids is 1. The smallest absolute Gasteiger partial charge is 0.329 e. The monoisotopic (exact) mass is 207 g/mol. The van der Waals surface area contributed by atoms with Gasteiger partial charge in [0.2, 0.25) is 0 Å². The van der Waals surface area contributed by atoms with Crippen LogP contribution in [-0.2, 0) is 22.5 Å². The molecule has 1 aromatic carbocycles. The Morgan fingerprint density at radius 3 is 2.93 bits per heavy atom. The van der Waals surface area contributed by atoms with Crippen LogP contribution >= 0.6 is 0 Å². The Bertz CT molecular complexity index is 365. The van der Waals surface area contributed by atoms with Crippen molar-refractivity contribution >= 4 is 5.97 Å². The molecule has 0 saturated carbocycles. The van der Waals surface area contributed by atoms with E-state index in [9.17, 15) is 4.79 Å². The average Bonchev–Trinajstić information content (AvgIpc) is 2.26. The minimum atomic E-state index is -0.935. The Balaban J connectivity index is 1.96. The van der Waals surface area contributed by atoms with E-state index in [2.05, 4.69) is 11.4 Å². The Hall–Kier alpha value is -1.39. The molecular weight excluding hydrogens is 194 g/mol. The van der Waals surface area contributed by atoms with E-state index < -0.39 is 5.97 Å². The molecule has 0 radical (unpaired) electrons. The molecule has 1 heterocycles. The van der Waals surface area contributed by atoms with Crippen LogP contribution in [0.25, 0.3) is 0 Å². The zero-order valence-corrected chi connectivity index (χ0v) is 8.27. The average molecular weight is 207 g/mol. The number of aliphatic carboxylic acids is 1. The zero-order chi connectivity index (χ0) is 10.7. The van der Waals surface area contributed by atoms with E-state index >= 15 is 0 Å². The predicted octanol–water partition coefficient (Wildman–Crippen LogP) is 0.760. The van der Waals surface area contributed by atoms with Crippen molar-refractivity contribution in [2.24, 2.45) is 0 Å². The number of nitrogens with one attached hydrogen (secondary N) is 1. The summed E-state index contributed by atoms with van der Waals surface area (Å²) in [6.07, 6.45) is 0.541. The van der Waals surface area contributed by atoms with Crippen LogP contribution in [0.3, 0.4) is 0 Å². The molecule has 1 aliphatic heterocycles. The summed E-state index contributed by atoms with van der Waals surface area (Å²) in [5.74, 6) is -0.935. The highest BCUT2D eigenvalue weighted by molar-refractivity contribution is 5.68. The first kappa shape index (κ1) is 10.1. The van der Waals surface area contributed by atoms with E-state index in [-0.39, 0.29) is 12.8 Å². The number of hydrogen-bond acceptors (Lipinski definition) is 3. The van der Waals surface area contributed by atoms with Crippen LogP contribution in [0.5, 0.6) is 0 Å². The van der Waals surface area contributed by atoms with Gasteiger partial charge in [-0.3, -0.25) is 5.32 Å². The molecule has 0 saturated heterocycles. The summed E-state index contributed by atoms with van der Waals surface area (Å²) in [7, 11) is 0. The second kappa shape index (κ2) is 4.42. The quantitative estimate of drug-likeness (QED) is 0.768. The maximum atomic E-state index is 10.3. The number of carbonyl (C=O) groups is 1. The molecule has 2 N–H and O–H groups in total. The third kappa shape index (κ3) is 2.55. The van der Waals surface area contributed by atoms with Crippen molar-refractivity contribution in [1.29, 1.82) is 0 Å². The van der Waals surface area contributed by atoms with Crippen LogP contribution in [0.2, 0.25) is 0 Å². The van der Waals surface area contributed by atoms with Gasteiger partial charge in [-0.25, -0.2) is 4.79 Å². The molecule has 0 fully saturated rings. The lowest BCUT2D eigenvalue weighted by molar-refractivity contribution is -0.145. The maximum absolute atomic E-state index is 10.3. The van der Waals surface area contributed by atoms with Crippen molar-refractivity contribution in [2.45, 2.75) is 19.2 Å². The van der Waals surface area contributed by atoms with Crippen molar-refractivity contribution in [1.82, 2.24) is 5.32 Å². The summed E-state index contributed by atoms with van der Waals surface area (Å²) in [6, 6.07) is 8.10. The first-order valence-electron chi connectivity index (χ1n) is 4.89. The molecule has 1 unspecified atom stereocenters. The fourth-order valence-electron chi connectivity index (χ4n) is 1.71. The first-order chi connectivity index (χ1) is 7.25. The van der Waals surface area contributed by atoms with E-state index in [1.54, 1.807) is 0 Å². The summed E-state index contributed by atoms with van der Waals surface area (Å²) in [6.45, 7) is 0.486. The van der Waals surface area contributed by atoms with E-state index in [1.165, 1.54) is 11.1 Å². The van der Waals surface area contributed by atoms with E-state index in [4.69, 9.17) is 9.84 Å². The van der Waals surface area contributed by atoms with Gasteiger partial charge in [-0.2, -0.15) is 0 Å². The fraction of sp³-hybridized carbons (Fsp3) is 0.364. The Morgan fingerprint density at radius 1 is 1.47 bits per heavy atom. The van der Waals surface area contributed by atoms with Gasteiger partial charge in [-0.05, 0) is 11.1 Å². The van der Waals surface area contributed by atoms with Gasteiger partial charge in [0, 0.05) is 13.0 Å². The highest BCUT2D eigenvalue weighted by Gasteiger charge is 2.18. The minimum absolute atomic E-state index is 0.184. The predicted molar refractivity (Wildman–Crippen MR) is 54.4 cm³/mol. The molecule has 1 atom stereocenters. The van der Waals surface area contributed by atoms with Crippen molar-refractivity contribution in [3.05, 3.63) is 35.4 Å². The first-order valence-corrected chi connectivity index (χ1v) is 4.89. The van der Waals surface area contributed by atoms with Crippen LogP contribution in [0, 0.1) is 0 Å². The van der Waals surface area contributed by atoms with E-state index in [0.29, 0.717) is 0 Å². The third-order valence-corrected chi connectivity index (χ3v) is 2.45. The SMILES string of the molecule is O=C(O)COC1Cc2ccccc2CN1. The van der Waals surface area contributed by atoms with Crippen molar-refractivity contribution in [3.8, 4) is 0 Å². The highest BCUT2D eigenvalue weighted by Crippen LogP contribution is 2.16. The second-order valence-electron chi connectivity index (χ2n) is 3.55. The molecule has 2 rings (SSSR count). The van der Waals surface area contributed by atoms with E-state index in [1.807, 2.05) is 18.2 Å². The standard InChI is InChI=1S/C11H13NO3/c13-11(14)7-15-10-5-8-3-1-2-4-9(8)6-12-10/h1-4,10,12H,5-7H2,(H,13,14). The maximum Gasteiger partial charge on any atom is 0.329 e. The second-order valence-corrected chi connectivity index (χ2v) is 3.55. The molecule has 80 valence electrons. The summed E-state index contributed by atoms with van der Waals surface area (Å²) in [4.78, 5) is 10.3. The lowest BCUT2D eigenvalue weighted by atomic mass is 10.0. The number of ether oxygens (including phenoxy) is 1. The van der Waals surface area contributed by atoms with Gasteiger partial charge in [0.05, 0.1) is 0 Å². The van der Waals surface area contributed by atoms with Gasteiger partial charge >= 0.3 is 5.97 Å². The number of rotatable bonds is 3. The Morgan fingerprint density at radius 2 is 2.20 bits per heavy atom. The summed E-state index contributed by atoms with van der Waals surface area (Å²) >= 11 is 0. The van der Waals surface area contributed by atoms with Gasteiger partial charge in [0.25, 0.3) is 0 Å². The van der Waals surface area contributed by atoms with E-state index in [0.717, 1.165) is 13.0 Å². The number of carboxylic acid groups (broad SMARTS) is 1. The Labute approximate surface area is 87.9 Å². The number of benzene rings is 1. The van der Waals surface area contributed by atoms with Crippen LogP contribution < -0.4 is 5.32 Å². The van der Waals surface area contributed by atoms with Crippen LogP contribution in [0.1, 0.15) is 11.1 Å². The molecule has 15 heavy (non-hydrogen) atoms. The van der Waals surface area contributed by atoms with Gasteiger partial charge in [-0.15, -0.1) is 0 Å². The lowest BCUT2D eigenvalue weighted by Gasteiger charge is -2.25. The molecule has 0 amide bonds. The number of fused-ring (bicyclic) bond motifs is 1. The lowest BCUT2D eigenvalue weighted by Crippen LogP contribution is -2.38. The van der Waals surface area contributed by atoms with Gasteiger partial charge < -0.3 is 9.84 Å². The topological polar surface area (TPSA) is 58.6 Å². The molecule has 0 aliphatic carbocycles. The fourth-order valence-corrected chi connectivity index (χ4v) is 1.71. The highest BCUT2D eigenvalue weighted by atomic mass is 16.5. The molecule has 0 bridgehead atoms. The molecule has 0 aromatic heterocycles. The van der Waals surface area contributed by atoms with Crippen LogP contribution in [-0.4, -0.2) is 23.9 Å². The van der Waals surface area contributed by atoms with Gasteiger partial charge in [0.1, 0.15) is 12.8 Å². The molecule has 0 spiro atoms. The molecule has 1 aromatic rings. The summed E-state index contributed by atoms with van der Waals surface area (Å²) < 4.78 is 5.19. The number of hydrogen-bond donors (Lipinski definition) is 2. The normalized spacial score (nSPS) is 19.6. The van der Waals surface area contributed by atoms with Crippen LogP contribution in [0.15, 0.2) is 24.3 Å². The van der Waals surface area contributed by atoms with Crippen LogP contribution in [0.4, 0.5) is 0 Å².